The Morgan fingerprint density at radius 3 is 2.77 bits per heavy atom. The van der Waals surface area contributed by atoms with E-state index in [0.29, 0.717) is 13.0 Å². The zero-order chi connectivity index (χ0) is 21.7. The van der Waals surface area contributed by atoms with Crippen LogP contribution in [0.25, 0.3) is 0 Å². The summed E-state index contributed by atoms with van der Waals surface area (Å²) in [5.74, 6) is -0.493. The normalized spacial score (nSPS) is 44.2. The molecule has 0 aromatic carbocycles. The second-order valence-corrected chi connectivity index (χ2v) is 9.39. The van der Waals surface area contributed by atoms with Crippen LogP contribution in [0.15, 0.2) is 36.0 Å². The van der Waals surface area contributed by atoms with Crippen LogP contribution in [0.4, 0.5) is 0 Å². The predicted octanol–water partition coefficient (Wildman–Crippen LogP) is 1.42. The van der Waals surface area contributed by atoms with Gasteiger partial charge in [0.2, 0.25) is 0 Å². The summed E-state index contributed by atoms with van der Waals surface area (Å²) in [4.78, 5) is 12.5. The Kier molecular flexibility index (Phi) is 5.48. The highest BCUT2D eigenvalue weighted by Gasteiger charge is 2.82. The minimum atomic E-state index is -0.994. The maximum Gasteiger partial charge on any atom is 0.331 e. The molecule has 2 aliphatic carbocycles. The second-order valence-electron chi connectivity index (χ2n) is 9.39. The van der Waals surface area contributed by atoms with Gasteiger partial charge < -0.3 is 29.5 Å². The van der Waals surface area contributed by atoms with Gasteiger partial charge in [-0.25, -0.2) is 4.79 Å². The van der Waals surface area contributed by atoms with E-state index in [1.54, 1.807) is 0 Å². The number of carbonyl (C=O) groups is 1. The molecule has 8 atom stereocenters. The summed E-state index contributed by atoms with van der Waals surface area (Å²) < 4.78 is 18.3. The lowest BCUT2D eigenvalue weighted by Crippen LogP contribution is -2.66. The molecule has 0 aromatic rings. The first-order valence-corrected chi connectivity index (χ1v) is 10.7. The zero-order valence-corrected chi connectivity index (χ0v) is 17.8. The minimum absolute atomic E-state index is 0.0559. The third-order valence-corrected chi connectivity index (χ3v) is 7.90. The van der Waals surface area contributed by atoms with E-state index >= 15 is 0 Å². The molecular weight excluding hydrogens is 388 g/mol. The average molecular weight is 421 g/mol. The van der Waals surface area contributed by atoms with E-state index in [9.17, 15) is 20.1 Å². The lowest BCUT2D eigenvalue weighted by atomic mass is 9.51. The number of aliphatic hydroxyl groups excluding tert-OH is 3. The Hall–Kier alpha value is -1.51. The number of esters is 1. The largest absolute Gasteiger partial charge is 0.458 e. The maximum absolute atomic E-state index is 12.5. The highest BCUT2D eigenvalue weighted by atomic mass is 16.6. The molecule has 7 heteroatoms. The number of rotatable bonds is 6. The van der Waals surface area contributed by atoms with Crippen molar-refractivity contribution in [3.8, 4) is 0 Å². The fraction of sp³-hybridized carbons (Fsp3) is 0.696. The van der Waals surface area contributed by atoms with Crippen LogP contribution in [0.1, 0.15) is 40.0 Å². The van der Waals surface area contributed by atoms with E-state index in [0.717, 1.165) is 12.8 Å². The van der Waals surface area contributed by atoms with Crippen molar-refractivity contribution in [2.24, 2.45) is 10.8 Å². The van der Waals surface area contributed by atoms with Crippen molar-refractivity contribution in [2.75, 3.05) is 13.2 Å². The summed E-state index contributed by atoms with van der Waals surface area (Å²) in [6.45, 7) is 6.14. The van der Waals surface area contributed by atoms with Crippen LogP contribution in [0.5, 0.6) is 0 Å². The summed E-state index contributed by atoms with van der Waals surface area (Å²) in [6, 6.07) is 0. The van der Waals surface area contributed by atoms with E-state index in [1.807, 2.05) is 0 Å². The van der Waals surface area contributed by atoms with Crippen molar-refractivity contribution < 1.29 is 34.3 Å². The Labute approximate surface area is 177 Å². The number of aliphatic hydroxyl groups is 3. The fourth-order valence-corrected chi connectivity index (χ4v) is 5.82. The predicted molar refractivity (Wildman–Crippen MR) is 108 cm³/mol. The van der Waals surface area contributed by atoms with Gasteiger partial charge in [-0.1, -0.05) is 36.8 Å². The molecule has 4 aliphatic rings. The van der Waals surface area contributed by atoms with E-state index in [-0.39, 0.29) is 18.8 Å². The molecule has 7 nitrogen and oxygen atoms in total. The monoisotopic (exact) mass is 420 g/mol. The van der Waals surface area contributed by atoms with E-state index < -0.39 is 40.7 Å². The molecule has 3 fully saturated rings. The van der Waals surface area contributed by atoms with Gasteiger partial charge in [0, 0.05) is 23.3 Å². The molecule has 166 valence electrons. The molecule has 3 N–H and O–H groups in total. The van der Waals surface area contributed by atoms with Crippen LogP contribution < -0.4 is 0 Å². The summed E-state index contributed by atoms with van der Waals surface area (Å²) in [5.41, 5.74) is -0.378. The summed E-state index contributed by atoms with van der Waals surface area (Å²) in [7, 11) is 0. The first-order valence-electron chi connectivity index (χ1n) is 10.7. The number of fused-ring (bicyclic) bond motifs is 2. The van der Waals surface area contributed by atoms with Gasteiger partial charge in [0.05, 0.1) is 37.6 Å². The first kappa shape index (κ1) is 21.7. The van der Waals surface area contributed by atoms with Crippen LogP contribution >= 0.6 is 0 Å². The number of allylic oxidation sites excluding steroid dienone is 3. The average Bonchev–Trinajstić information content (AvgIpc) is 3.48. The highest BCUT2D eigenvalue weighted by molar-refractivity contribution is 5.82. The number of carbonyl (C=O) groups excluding carboxylic acids is 1. The van der Waals surface area contributed by atoms with Crippen LogP contribution in [0.3, 0.4) is 0 Å². The van der Waals surface area contributed by atoms with Crippen molar-refractivity contribution in [2.45, 2.75) is 76.2 Å². The molecule has 4 rings (SSSR count). The number of ether oxygens (including phenoxy) is 3. The molecule has 2 saturated heterocycles. The Balaban J connectivity index is 1.55. The molecule has 0 amide bonds. The van der Waals surface area contributed by atoms with E-state index in [4.69, 9.17) is 14.2 Å². The smallest absolute Gasteiger partial charge is 0.331 e. The zero-order valence-electron chi connectivity index (χ0n) is 17.8. The van der Waals surface area contributed by atoms with Crippen molar-refractivity contribution in [1.82, 2.24) is 0 Å². The van der Waals surface area contributed by atoms with E-state index in [2.05, 4.69) is 19.9 Å². The van der Waals surface area contributed by atoms with Gasteiger partial charge in [0.15, 0.2) is 0 Å². The van der Waals surface area contributed by atoms with Gasteiger partial charge >= 0.3 is 5.97 Å². The molecule has 3 unspecified atom stereocenters. The molecule has 2 heterocycles. The van der Waals surface area contributed by atoms with Crippen molar-refractivity contribution >= 4 is 5.97 Å². The third kappa shape index (κ3) is 3.02. The van der Waals surface area contributed by atoms with Crippen molar-refractivity contribution in [3.05, 3.63) is 36.0 Å². The van der Waals surface area contributed by atoms with Gasteiger partial charge in [0.25, 0.3) is 0 Å². The maximum atomic E-state index is 12.5. The Morgan fingerprint density at radius 2 is 2.13 bits per heavy atom. The lowest BCUT2D eigenvalue weighted by Gasteiger charge is -2.58. The minimum Gasteiger partial charge on any atom is -0.458 e. The lowest BCUT2D eigenvalue weighted by molar-refractivity contribution is -0.228. The quantitative estimate of drug-likeness (QED) is 0.196. The van der Waals surface area contributed by atoms with E-state index in [1.165, 1.54) is 36.8 Å². The summed E-state index contributed by atoms with van der Waals surface area (Å²) in [5, 5.41) is 29.4. The SMILES string of the molecule is CC1=C[C@H]2O[C@@H]3CC(OC(=O)/C=C/C=C/[C@H](O)C(C)O)[C@@](C)(C34CO4)[C@@]2(CO)CC1. The Bertz CT molecular complexity index is 780. The standard InChI is InChI=1S/C23H32O7/c1-14-8-9-22(12-24)18(10-14)29-19-11-17(21(22,3)23(19)13-28-23)30-20(27)7-5-4-6-16(26)15(2)25/h4-7,10,15-19,24-26H,8-9,11-13H2,1-3H3/b6-4+,7-5+/t15?,16-,17?,18+,19+,21+,22+,23?/m0/s1. The molecule has 2 aliphatic heterocycles. The van der Waals surface area contributed by atoms with Crippen LogP contribution in [0.2, 0.25) is 0 Å². The molecule has 0 radical (unpaired) electrons. The van der Waals surface area contributed by atoms with Crippen LogP contribution in [-0.4, -0.2) is 70.6 Å². The number of hydrogen-bond donors (Lipinski definition) is 3. The molecule has 0 aromatic heterocycles. The number of epoxide rings is 1. The fourth-order valence-electron chi connectivity index (χ4n) is 5.82. The second kappa shape index (κ2) is 7.57. The molecule has 1 spiro atoms. The highest BCUT2D eigenvalue weighted by Crippen LogP contribution is 2.71. The third-order valence-electron chi connectivity index (χ3n) is 7.90. The van der Waals surface area contributed by atoms with Gasteiger partial charge in [-0.2, -0.15) is 0 Å². The van der Waals surface area contributed by atoms with Crippen molar-refractivity contribution in [1.29, 1.82) is 0 Å². The topological polar surface area (TPSA) is 109 Å². The summed E-state index contributed by atoms with van der Waals surface area (Å²) >= 11 is 0. The van der Waals surface area contributed by atoms with Gasteiger partial charge in [-0.3, -0.25) is 0 Å². The molecule has 2 bridgehead atoms. The van der Waals surface area contributed by atoms with Gasteiger partial charge in [-0.15, -0.1) is 0 Å². The van der Waals surface area contributed by atoms with Gasteiger partial charge in [-0.05, 0) is 26.7 Å². The van der Waals surface area contributed by atoms with Crippen molar-refractivity contribution in [3.63, 3.8) is 0 Å². The van der Waals surface area contributed by atoms with Gasteiger partial charge in [0.1, 0.15) is 11.7 Å². The van der Waals surface area contributed by atoms with Crippen LogP contribution in [0, 0.1) is 10.8 Å². The Morgan fingerprint density at radius 1 is 1.40 bits per heavy atom. The first-order chi connectivity index (χ1) is 14.2. The van der Waals surface area contributed by atoms with Crippen LogP contribution in [-0.2, 0) is 19.0 Å². The molecule has 1 saturated carbocycles. The molecule has 30 heavy (non-hydrogen) atoms. The summed E-state index contributed by atoms with van der Waals surface area (Å²) in [6.07, 6.45) is 7.27. The molecular formula is C23H32O7. The number of hydrogen-bond acceptors (Lipinski definition) is 7.